The summed E-state index contributed by atoms with van der Waals surface area (Å²) >= 11 is 0. The van der Waals surface area contributed by atoms with Crippen molar-refractivity contribution in [3.8, 4) is 0 Å². The first-order valence-electron chi connectivity index (χ1n) is 9.26. The molecule has 3 N–H and O–H groups in total. The van der Waals surface area contributed by atoms with Crippen LogP contribution in [0.5, 0.6) is 0 Å². The normalized spacial score (nSPS) is 13.4. The zero-order chi connectivity index (χ0) is 18.1. The van der Waals surface area contributed by atoms with Crippen molar-refractivity contribution in [3.63, 3.8) is 0 Å². The van der Waals surface area contributed by atoms with Gasteiger partial charge in [-0.15, -0.1) is 0 Å². The molecule has 0 amide bonds. The Morgan fingerprint density at radius 3 is 2.68 bits per heavy atom. The minimum Gasteiger partial charge on any atom is -0.378 e. The van der Waals surface area contributed by atoms with Gasteiger partial charge in [0.2, 0.25) is 0 Å². The summed E-state index contributed by atoms with van der Waals surface area (Å²) in [7, 11) is 1.81. The third-order valence-corrected chi connectivity index (χ3v) is 4.43. The summed E-state index contributed by atoms with van der Waals surface area (Å²) in [4.78, 5) is 7.62. The number of ether oxygens (including phenoxy) is 1. The number of aromatic amines is 1. The fourth-order valence-corrected chi connectivity index (χ4v) is 3.03. The number of rotatable bonds is 9. The molecule has 0 saturated heterocycles. The highest BCUT2D eigenvalue weighted by Gasteiger charge is 2.13. The highest BCUT2D eigenvalue weighted by atomic mass is 16.5. The van der Waals surface area contributed by atoms with Crippen LogP contribution in [-0.4, -0.2) is 43.8 Å². The largest absolute Gasteiger partial charge is 0.378 e. The van der Waals surface area contributed by atoms with Gasteiger partial charge in [0.15, 0.2) is 5.96 Å². The number of H-pyrrole nitrogens is 1. The second kappa shape index (κ2) is 10.1. The van der Waals surface area contributed by atoms with Crippen LogP contribution < -0.4 is 10.6 Å². The van der Waals surface area contributed by atoms with E-state index < -0.39 is 0 Å². The van der Waals surface area contributed by atoms with Gasteiger partial charge in [-0.05, 0) is 37.3 Å². The third-order valence-electron chi connectivity index (χ3n) is 4.43. The molecule has 0 aliphatic heterocycles. The average molecular weight is 345 g/mol. The number of aliphatic imine (C=N–C) groups is 1. The van der Waals surface area contributed by atoms with Crippen molar-refractivity contribution in [3.05, 3.63) is 36.0 Å². The van der Waals surface area contributed by atoms with Gasteiger partial charge in [-0.25, -0.2) is 0 Å². The first kappa shape index (κ1) is 19.3. The van der Waals surface area contributed by atoms with Crippen molar-refractivity contribution in [2.24, 2.45) is 10.9 Å². The van der Waals surface area contributed by atoms with Crippen LogP contribution in [0, 0.1) is 5.92 Å². The van der Waals surface area contributed by atoms with Gasteiger partial charge in [-0.2, -0.15) is 0 Å². The van der Waals surface area contributed by atoms with Crippen molar-refractivity contribution >= 4 is 16.9 Å². The van der Waals surface area contributed by atoms with Crippen LogP contribution in [0.3, 0.4) is 0 Å². The number of para-hydroxylation sites is 1. The molecule has 1 aromatic carbocycles. The lowest BCUT2D eigenvalue weighted by molar-refractivity contribution is 0.0258. The fraction of sp³-hybridized carbons (Fsp3) is 0.550. The zero-order valence-electron chi connectivity index (χ0n) is 15.9. The quantitative estimate of drug-likeness (QED) is 0.483. The summed E-state index contributed by atoms with van der Waals surface area (Å²) in [5, 5.41) is 8.07. The maximum Gasteiger partial charge on any atom is 0.190 e. The van der Waals surface area contributed by atoms with E-state index in [1.807, 2.05) is 14.0 Å². The summed E-state index contributed by atoms with van der Waals surface area (Å²) in [6, 6.07) is 8.40. The summed E-state index contributed by atoms with van der Waals surface area (Å²) in [6.07, 6.45) is 4.33. The Kier molecular flexibility index (Phi) is 7.79. The second-order valence-electron chi connectivity index (χ2n) is 6.56. The van der Waals surface area contributed by atoms with E-state index in [9.17, 15) is 0 Å². The summed E-state index contributed by atoms with van der Waals surface area (Å²) in [6.45, 7) is 8.92. The van der Waals surface area contributed by atoms with Crippen LogP contribution in [0.2, 0.25) is 0 Å². The van der Waals surface area contributed by atoms with Gasteiger partial charge < -0.3 is 20.4 Å². The molecule has 0 fully saturated rings. The Balaban J connectivity index is 1.75. The molecule has 0 radical (unpaired) electrons. The molecule has 0 aliphatic rings. The van der Waals surface area contributed by atoms with Crippen LogP contribution in [-0.2, 0) is 11.2 Å². The van der Waals surface area contributed by atoms with Crippen LogP contribution in [0.4, 0.5) is 0 Å². The number of nitrogens with one attached hydrogen (secondary N) is 3. The number of hydrogen-bond acceptors (Lipinski definition) is 2. The van der Waals surface area contributed by atoms with E-state index in [1.165, 1.54) is 16.5 Å². The highest BCUT2D eigenvalue weighted by Crippen LogP contribution is 2.17. The lowest BCUT2D eigenvalue weighted by atomic mass is 10.0. The first-order valence-corrected chi connectivity index (χ1v) is 9.26. The molecule has 1 atom stereocenters. The summed E-state index contributed by atoms with van der Waals surface area (Å²) in [5.41, 5.74) is 2.52. The van der Waals surface area contributed by atoms with Gasteiger partial charge in [0.05, 0.1) is 6.10 Å². The standard InChI is InChI=1S/C20H32N4O/c1-5-25-19(15(2)3)11-13-23-20(21-4)22-12-10-16-14-24-18-9-7-6-8-17(16)18/h6-9,14-15,19,24H,5,10-13H2,1-4H3,(H2,21,22,23). The molecule has 5 nitrogen and oxygen atoms in total. The van der Waals surface area contributed by atoms with Crippen molar-refractivity contribution in [1.29, 1.82) is 0 Å². The lowest BCUT2D eigenvalue weighted by Crippen LogP contribution is -2.40. The average Bonchev–Trinajstić information content (AvgIpc) is 3.02. The molecule has 5 heteroatoms. The predicted octanol–water partition coefficient (Wildman–Crippen LogP) is 3.33. The van der Waals surface area contributed by atoms with E-state index in [2.05, 4.69) is 64.9 Å². The highest BCUT2D eigenvalue weighted by molar-refractivity contribution is 5.83. The summed E-state index contributed by atoms with van der Waals surface area (Å²) in [5.74, 6) is 1.37. The lowest BCUT2D eigenvalue weighted by Gasteiger charge is -2.21. The van der Waals surface area contributed by atoms with Gasteiger partial charge in [0.25, 0.3) is 0 Å². The zero-order valence-corrected chi connectivity index (χ0v) is 15.9. The Morgan fingerprint density at radius 1 is 1.20 bits per heavy atom. The number of aromatic nitrogens is 1. The third kappa shape index (κ3) is 5.78. The van der Waals surface area contributed by atoms with Gasteiger partial charge in [-0.3, -0.25) is 4.99 Å². The topological polar surface area (TPSA) is 61.4 Å². The number of guanidine groups is 1. The molecule has 0 spiro atoms. The molecule has 2 rings (SSSR count). The van der Waals surface area contributed by atoms with Gasteiger partial charge in [-0.1, -0.05) is 32.0 Å². The van der Waals surface area contributed by atoms with Crippen molar-refractivity contribution in [1.82, 2.24) is 15.6 Å². The fourth-order valence-electron chi connectivity index (χ4n) is 3.03. The smallest absolute Gasteiger partial charge is 0.190 e. The molecule has 25 heavy (non-hydrogen) atoms. The van der Waals surface area contributed by atoms with Crippen LogP contribution in [0.15, 0.2) is 35.5 Å². The monoisotopic (exact) mass is 344 g/mol. The van der Waals surface area contributed by atoms with Gasteiger partial charge in [0, 0.05) is 43.8 Å². The number of hydrogen-bond donors (Lipinski definition) is 3. The number of nitrogens with zero attached hydrogens (tertiary/aromatic N) is 1. The second-order valence-corrected chi connectivity index (χ2v) is 6.56. The number of benzene rings is 1. The molecule has 138 valence electrons. The minimum atomic E-state index is 0.293. The minimum absolute atomic E-state index is 0.293. The van der Waals surface area contributed by atoms with E-state index in [0.717, 1.165) is 38.5 Å². The van der Waals surface area contributed by atoms with Gasteiger partial charge >= 0.3 is 0 Å². The van der Waals surface area contributed by atoms with Crippen molar-refractivity contribution < 1.29 is 4.74 Å². The molecule has 0 bridgehead atoms. The van der Waals surface area contributed by atoms with Crippen LogP contribution in [0.1, 0.15) is 32.8 Å². The molecule has 2 aromatic rings. The molecule has 0 aliphatic carbocycles. The Labute approximate surface area is 151 Å². The maximum atomic E-state index is 5.79. The van der Waals surface area contributed by atoms with Crippen molar-refractivity contribution in [2.75, 3.05) is 26.7 Å². The Morgan fingerprint density at radius 2 is 1.96 bits per heavy atom. The Bertz CT molecular complexity index is 663. The maximum absolute atomic E-state index is 5.79. The van der Waals surface area contributed by atoms with Crippen molar-refractivity contribution in [2.45, 2.75) is 39.7 Å². The summed E-state index contributed by atoms with van der Waals surface area (Å²) < 4.78 is 5.79. The SMILES string of the molecule is CCOC(CCNC(=NC)NCCc1c[nH]c2ccccc12)C(C)C. The molecule has 1 heterocycles. The molecule has 1 aromatic heterocycles. The first-order chi connectivity index (χ1) is 12.2. The van der Waals surface area contributed by atoms with Gasteiger partial charge in [0.1, 0.15) is 0 Å². The molecule has 1 unspecified atom stereocenters. The molecule has 0 saturated carbocycles. The number of fused-ring (bicyclic) bond motifs is 1. The van der Waals surface area contributed by atoms with E-state index in [0.29, 0.717) is 12.0 Å². The molecular formula is C20H32N4O. The van der Waals surface area contributed by atoms with E-state index >= 15 is 0 Å². The Hall–Kier alpha value is -2.01. The van der Waals surface area contributed by atoms with Crippen LogP contribution >= 0.6 is 0 Å². The van der Waals surface area contributed by atoms with E-state index in [4.69, 9.17) is 4.74 Å². The van der Waals surface area contributed by atoms with E-state index in [1.54, 1.807) is 0 Å². The van der Waals surface area contributed by atoms with Crippen LogP contribution in [0.25, 0.3) is 10.9 Å². The molecular weight excluding hydrogens is 312 g/mol. The predicted molar refractivity (Wildman–Crippen MR) is 106 cm³/mol. The van der Waals surface area contributed by atoms with E-state index in [-0.39, 0.29) is 0 Å².